The number of nitrogens with zero attached hydrogens (tertiary/aromatic N) is 3. The predicted octanol–water partition coefficient (Wildman–Crippen LogP) is 3.28. The third kappa shape index (κ3) is 2.81. The molecule has 0 amide bonds. The molecule has 0 saturated heterocycles. The molecule has 1 aromatic rings. The first-order valence-corrected chi connectivity index (χ1v) is 6.71. The van der Waals surface area contributed by atoms with Crippen molar-refractivity contribution in [3.63, 3.8) is 0 Å². The van der Waals surface area contributed by atoms with Crippen LogP contribution >= 0.6 is 0 Å². The molecule has 1 aliphatic carbocycles. The molecule has 2 rings (SSSR count). The maximum absolute atomic E-state index is 9.02. The number of rotatable bonds is 2. The van der Waals surface area contributed by atoms with Crippen molar-refractivity contribution in [1.82, 2.24) is 4.98 Å². The molecule has 3 nitrogen and oxygen atoms in total. The third-order valence-corrected chi connectivity index (χ3v) is 3.89. The van der Waals surface area contributed by atoms with Crippen molar-refractivity contribution in [2.45, 2.75) is 45.6 Å². The standard InChI is InChI=1S/C15H21N3/c1-11-5-4-6-14(7-11)18(3)15-9-13(10-16)8-12(2)17-15/h8-9,11,14H,4-7H2,1-3H3. The molecule has 1 aliphatic rings. The van der Waals surface area contributed by atoms with Crippen molar-refractivity contribution in [2.24, 2.45) is 5.92 Å². The molecule has 18 heavy (non-hydrogen) atoms. The maximum atomic E-state index is 9.02. The van der Waals surface area contributed by atoms with Crippen LogP contribution in [0.15, 0.2) is 12.1 Å². The lowest BCUT2D eigenvalue weighted by Crippen LogP contribution is -2.36. The number of hydrogen-bond donors (Lipinski definition) is 0. The van der Waals surface area contributed by atoms with E-state index in [0.717, 1.165) is 17.4 Å². The molecule has 1 saturated carbocycles. The zero-order valence-electron chi connectivity index (χ0n) is 11.5. The minimum atomic E-state index is 0.564. The Kier molecular flexibility index (Phi) is 3.86. The SMILES string of the molecule is Cc1cc(C#N)cc(N(C)C2CCCC(C)C2)n1. The van der Waals surface area contributed by atoms with Gasteiger partial charge >= 0.3 is 0 Å². The van der Waals surface area contributed by atoms with Crippen LogP contribution < -0.4 is 4.90 Å². The lowest BCUT2D eigenvalue weighted by atomic mass is 9.86. The molecule has 2 unspecified atom stereocenters. The first-order valence-electron chi connectivity index (χ1n) is 6.71. The fourth-order valence-electron chi connectivity index (χ4n) is 2.84. The highest BCUT2D eigenvalue weighted by molar-refractivity contribution is 5.46. The lowest BCUT2D eigenvalue weighted by Gasteiger charge is -2.35. The van der Waals surface area contributed by atoms with Crippen LogP contribution in [0, 0.1) is 24.2 Å². The van der Waals surface area contributed by atoms with Gasteiger partial charge in [0.15, 0.2) is 0 Å². The normalized spacial score (nSPS) is 23.4. The average molecular weight is 243 g/mol. The number of anilines is 1. The van der Waals surface area contributed by atoms with Gasteiger partial charge in [-0.2, -0.15) is 5.26 Å². The zero-order valence-corrected chi connectivity index (χ0v) is 11.5. The van der Waals surface area contributed by atoms with Gasteiger partial charge in [0.25, 0.3) is 0 Å². The summed E-state index contributed by atoms with van der Waals surface area (Å²) in [4.78, 5) is 6.81. The predicted molar refractivity (Wildman–Crippen MR) is 73.5 cm³/mol. The highest BCUT2D eigenvalue weighted by Gasteiger charge is 2.23. The third-order valence-electron chi connectivity index (χ3n) is 3.89. The van der Waals surface area contributed by atoms with E-state index < -0.39 is 0 Å². The fourth-order valence-corrected chi connectivity index (χ4v) is 2.84. The second-order valence-corrected chi connectivity index (χ2v) is 5.50. The van der Waals surface area contributed by atoms with Gasteiger partial charge in [-0.1, -0.05) is 19.8 Å². The number of aryl methyl sites for hydroxylation is 1. The summed E-state index contributed by atoms with van der Waals surface area (Å²) in [7, 11) is 2.10. The average Bonchev–Trinajstić information content (AvgIpc) is 2.37. The van der Waals surface area contributed by atoms with Crippen molar-refractivity contribution >= 4 is 5.82 Å². The van der Waals surface area contributed by atoms with Gasteiger partial charge in [-0.25, -0.2) is 4.98 Å². The molecule has 0 bridgehead atoms. The molecule has 0 aliphatic heterocycles. The molecule has 2 atom stereocenters. The smallest absolute Gasteiger partial charge is 0.130 e. The van der Waals surface area contributed by atoms with Crippen LogP contribution in [0.1, 0.15) is 43.9 Å². The summed E-state index contributed by atoms with van der Waals surface area (Å²) < 4.78 is 0. The van der Waals surface area contributed by atoms with Gasteiger partial charge in [0.1, 0.15) is 5.82 Å². The van der Waals surface area contributed by atoms with E-state index in [9.17, 15) is 0 Å². The Labute approximate surface area is 109 Å². The van der Waals surface area contributed by atoms with Crippen LogP contribution in [-0.4, -0.2) is 18.1 Å². The van der Waals surface area contributed by atoms with Gasteiger partial charge < -0.3 is 4.90 Å². The second kappa shape index (κ2) is 5.39. The number of hydrogen-bond acceptors (Lipinski definition) is 3. The van der Waals surface area contributed by atoms with Gasteiger partial charge in [-0.05, 0) is 37.8 Å². The Balaban J connectivity index is 2.20. The van der Waals surface area contributed by atoms with Crippen LogP contribution in [-0.2, 0) is 0 Å². The Morgan fingerprint density at radius 2 is 2.17 bits per heavy atom. The molecule has 0 aromatic carbocycles. The van der Waals surface area contributed by atoms with E-state index in [1.807, 2.05) is 19.1 Å². The molecule has 3 heteroatoms. The molecule has 1 aromatic heterocycles. The Hall–Kier alpha value is -1.56. The summed E-state index contributed by atoms with van der Waals surface area (Å²) in [6.07, 6.45) is 5.11. The van der Waals surface area contributed by atoms with Crippen LogP contribution in [0.3, 0.4) is 0 Å². The van der Waals surface area contributed by atoms with Crippen molar-refractivity contribution in [3.05, 3.63) is 23.4 Å². The summed E-state index contributed by atoms with van der Waals surface area (Å²) >= 11 is 0. The maximum Gasteiger partial charge on any atom is 0.130 e. The van der Waals surface area contributed by atoms with Crippen LogP contribution in [0.5, 0.6) is 0 Å². The Bertz CT molecular complexity index is 461. The van der Waals surface area contributed by atoms with E-state index in [-0.39, 0.29) is 0 Å². The first-order chi connectivity index (χ1) is 8.60. The van der Waals surface area contributed by atoms with Crippen molar-refractivity contribution in [3.8, 4) is 6.07 Å². The van der Waals surface area contributed by atoms with Crippen LogP contribution in [0.4, 0.5) is 5.82 Å². The van der Waals surface area contributed by atoms with E-state index in [2.05, 4.69) is 29.9 Å². The molecular weight excluding hydrogens is 222 g/mol. The van der Waals surface area contributed by atoms with Gasteiger partial charge in [0, 0.05) is 18.8 Å². The molecule has 1 fully saturated rings. The summed E-state index contributed by atoms with van der Waals surface area (Å²) in [6.45, 7) is 4.27. The van der Waals surface area contributed by atoms with Gasteiger partial charge in [-0.15, -0.1) is 0 Å². The van der Waals surface area contributed by atoms with Gasteiger partial charge in [-0.3, -0.25) is 0 Å². The summed E-state index contributed by atoms with van der Waals surface area (Å²) in [6, 6.07) is 6.50. The largest absolute Gasteiger partial charge is 0.357 e. The van der Waals surface area contributed by atoms with Gasteiger partial charge in [0.05, 0.1) is 11.6 Å². The second-order valence-electron chi connectivity index (χ2n) is 5.50. The van der Waals surface area contributed by atoms with Crippen molar-refractivity contribution in [1.29, 1.82) is 5.26 Å². The highest BCUT2D eigenvalue weighted by Crippen LogP contribution is 2.29. The first kappa shape index (κ1) is 12.9. The summed E-state index contributed by atoms with van der Waals surface area (Å²) in [5.74, 6) is 1.73. The molecule has 0 N–H and O–H groups in total. The highest BCUT2D eigenvalue weighted by atomic mass is 15.2. The molecule has 96 valence electrons. The molecular formula is C15H21N3. The Morgan fingerprint density at radius 1 is 1.39 bits per heavy atom. The zero-order chi connectivity index (χ0) is 13.1. The topological polar surface area (TPSA) is 39.9 Å². The van der Waals surface area contributed by atoms with Crippen LogP contribution in [0.2, 0.25) is 0 Å². The summed E-state index contributed by atoms with van der Waals surface area (Å²) in [5.41, 5.74) is 1.62. The Morgan fingerprint density at radius 3 is 2.83 bits per heavy atom. The van der Waals surface area contributed by atoms with Gasteiger partial charge in [0.2, 0.25) is 0 Å². The van der Waals surface area contributed by atoms with Crippen molar-refractivity contribution in [2.75, 3.05) is 11.9 Å². The quantitative estimate of drug-likeness (QED) is 0.800. The summed E-state index contributed by atoms with van der Waals surface area (Å²) in [5, 5.41) is 9.02. The van der Waals surface area contributed by atoms with E-state index in [4.69, 9.17) is 5.26 Å². The lowest BCUT2D eigenvalue weighted by molar-refractivity contribution is 0.335. The van der Waals surface area contributed by atoms with E-state index in [1.54, 1.807) is 0 Å². The number of nitriles is 1. The molecule has 0 radical (unpaired) electrons. The minimum Gasteiger partial charge on any atom is -0.357 e. The molecule has 0 spiro atoms. The van der Waals surface area contributed by atoms with E-state index in [1.165, 1.54) is 25.7 Å². The fraction of sp³-hybridized carbons (Fsp3) is 0.600. The number of pyridine rings is 1. The van der Waals surface area contributed by atoms with Crippen LogP contribution in [0.25, 0.3) is 0 Å². The van der Waals surface area contributed by atoms with E-state index >= 15 is 0 Å². The monoisotopic (exact) mass is 243 g/mol. The number of aromatic nitrogens is 1. The minimum absolute atomic E-state index is 0.564. The van der Waals surface area contributed by atoms with E-state index in [0.29, 0.717) is 11.6 Å². The van der Waals surface area contributed by atoms with Crippen molar-refractivity contribution < 1.29 is 0 Å². The molecule has 1 heterocycles.